The second-order valence-electron chi connectivity index (χ2n) is 5.85. The largest absolute Gasteiger partial charge is 0.385 e. The summed E-state index contributed by atoms with van der Waals surface area (Å²) in [5, 5.41) is 3.03. The maximum absolute atomic E-state index is 12.7. The average molecular weight is 326 g/mol. The van der Waals surface area contributed by atoms with Gasteiger partial charge in [-0.25, -0.2) is 4.79 Å². The van der Waals surface area contributed by atoms with Crippen molar-refractivity contribution in [3.8, 4) is 0 Å². The number of amides is 2. The van der Waals surface area contributed by atoms with Crippen LogP contribution in [0.5, 0.6) is 0 Å². The molecular weight excluding hydrogens is 300 g/mol. The van der Waals surface area contributed by atoms with E-state index in [1.807, 2.05) is 66.4 Å². The summed E-state index contributed by atoms with van der Waals surface area (Å²) in [7, 11) is 1.70. The van der Waals surface area contributed by atoms with E-state index in [0.717, 1.165) is 36.3 Å². The van der Waals surface area contributed by atoms with Gasteiger partial charge in [0, 0.05) is 32.5 Å². The molecule has 0 bridgehead atoms. The molecule has 0 fully saturated rings. The van der Waals surface area contributed by atoms with Gasteiger partial charge in [-0.15, -0.1) is 0 Å². The Morgan fingerprint density at radius 3 is 2.46 bits per heavy atom. The van der Waals surface area contributed by atoms with Crippen LogP contribution in [0.1, 0.15) is 24.0 Å². The second-order valence-corrected chi connectivity index (χ2v) is 5.85. The summed E-state index contributed by atoms with van der Waals surface area (Å²) < 4.78 is 5.09. The highest BCUT2D eigenvalue weighted by Crippen LogP contribution is 2.15. The summed E-state index contributed by atoms with van der Waals surface area (Å²) in [5.74, 6) is 0. The molecule has 2 aromatic carbocycles. The Labute approximate surface area is 144 Å². The molecule has 0 aliphatic rings. The Kier molecular flexibility index (Phi) is 7.30. The fourth-order valence-electron chi connectivity index (χ4n) is 2.51. The second kappa shape index (κ2) is 9.73. The van der Waals surface area contributed by atoms with Crippen molar-refractivity contribution in [2.24, 2.45) is 0 Å². The Morgan fingerprint density at radius 1 is 1.04 bits per heavy atom. The molecule has 0 aliphatic carbocycles. The lowest BCUT2D eigenvalue weighted by atomic mass is 10.2. The molecule has 0 saturated carbocycles. The van der Waals surface area contributed by atoms with Crippen LogP contribution in [-0.4, -0.2) is 31.2 Å². The quantitative estimate of drug-likeness (QED) is 0.728. The number of unbranched alkanes of at least 4 members (excludes halogenated alkanes) is 1. The van der Waals surface area contributed by atoms with Crippen LogP contribution in [0.2, 0.25) is 0 Å². The number of nitrogens with one attached hydrogen (secondary N) is 1. The monoisotopic (exact) mass is 326 g/mol. The van der Waals surface area contributed by atoms with Gasteiger partial charge < -0.3 is 15.0 Å². The molecule has 4 heteroatoms. The van der Waals surface area contributed by atoms with Crippen molar-refractivity contribution in [3.63, 3.8) is 0 Å². The van der Waals surface area contributed by atoms with Gasteiger partial charge in [0.15, 0.2) is 0 Å². The number of ether oxygens (including phenoxy) is 1. The van der Waals surface area contributed by atoms with Crippen molar-refractivity contribution in [2.75, 3.05) is 25.6 Å². The highest BCUT2D eigenvalue weighted by atomic mass is 16.5. The zero-order valence-electron chi connectivity index (χ0n) is 14.5. The summed E-state index contributed by atoms with van der Waals surface area (Å²) in [6, 6.07) is 17.8. The number of carbonyl (C=O) groups is 1. The lowest BCUT2D eigenvalue weighted by Crippen LogP contribution is -2.35. The first-order valence-electron chi connectivity index (χ1n) is 8.35. The standard InChI is InChI=1S/C20H26N2O2/c1-17-10-6-7-13-19(17)21-20(23)22(14-8-9-15-24-2)16-18-11-4-3-5-12-18/h3-7,10-13H,8-9,14-16H2,1-2H3,(H,21,23). The maximum Gasteiger partial charge on any atom is 0.322 e. The summed E-state index contributed by atoms with van der Waals surface area (Å²) in [6.07, 6.45) is 1.86. The summed E-state index contributed by atoms with van der Waals surface area (Å²) in [6.45, 7) is 4.02. The van der Waals surface area contributed by atoms with Crippen LogP contribution in [0.3, 0.4) is 0 Å². The number of carbonyl (C=O) groups excluding carboxylic acids is 1. The SMILES string of the molecule is COCCCCN(Cc1ccccc1)C(=O)Nc1ccccc1C. The molecule has 0 heterocycles. The van der Waals surface area contributed by atoms with Gasteiger partial charge in [0.2, 0.25) is 0 Å². The van der Waals surface area contributed by atoms with Gasteiger partial charge in [-0.1, -0.05) is 48.5 Å². The molecule has 2 rings (SSSR count). The molecule has 1 N–H and O–H groups in total. The number of hydrogen-bond donors (Lipinski definition) is 1. The van der Waals surface area contributed by atoms with E-state index in [2.05, 4.69) is 5.32 Å². The number of urea groups is 1. The minimum Gasteiger partial charge on any atom is -0.385 e. The predicted molar refractivity (Wildman–Crippen MR) is 98.2 cm³/mol. The molecule has 0 saturated heterocycles. The van der Waals surface area contributed by atoms with Crippen LogP contribution in [-0.2, 0) is 11.3 Å². The van der Waals surface area contributed by atoms with Gasteiger partial charge >= 0.3 is 6.03 Å². The Bertz CT molecular complexity index is 629. The van der Waals surface area contributed by atoms with E-state index in [4.69, 9.17) is 4.74 Å². The zero-order valence-corrected chi connectivity index (χ0v) is 14.5. The molecule has 0 unspecified atom stereocenters. The van der Waals surface area contributed by atoms with Crippen molar-refractivity contribution >= 4 is 11.7 Å². The van der Waals surface area contributed by atoms with E-state index >= 15 is 0 Å². The third kappa shape index (κ3) is 5.70. The minimum atomic E-state index is -0.0643. The van der Waals surface area contributed by atoms with E-state index in [9.17, 15) is 4.79 Å². The third-order valence-corrected chi connectivity index (χ3v) is 3.92. The van der Waals surface area contributed by atoms with E-state index < -0.39 is 0 Å². The number of hydrogen-bond acceptors (Lipinski definition) is 2. The zero-order chi connectivity index (χ0) is 17.2. The molecule has 0 spiro atoms. The van der Waals surface area contributed by atoms with Gasteiger partial charge in [0.1, 0.15) is 0 Å². The minimum absolute atomic E-state index is 0.0643. The molecule has 0 radical (unpaired) electrons. The molecule has 0 aliphatic heterocycles. The fourth-order valence-corrected chi connectivity index (χ4v) is 2.51. The van der Waals surface area contributed by atoms with Crippen LogP contribution in [0.25, 0.3) is 0 Å². The van der Waals surface area contributed by atoms with Crippen LogP contribution < -0.4 is 5.32 Å². The first-order valence-corrected chi connectivity index (χ1v) is 8.35. The molecule has 24 heavy (non-hydrogen) atoms. The lowest BCUT2D eigenvalue weighted by Gasteiger charge is -2.24. The molecule has 4 nitrogen and oxygen atoms in total. The number of benzene rings is 2. The van der Waals surface area contributed by atoms with Gasteiger partial charge in [-0.3, -0.25) is 0 Å². The first kappa shape index (κ1) is 18.0. The molecule has 128 valence electrons. The predicted octanol–water partition coefficient (Wildman–Crippen LogP) is 4.46. The first-order chi connectivity index (χ1) is 11.7. The van der Waals surface area contributed by atoms with Crippen molar-refractivity contribution < 1.29 is 9.53 Å². The molecule has 2 aromatic rings. The van der Waals surface area contributed by atoms with Gasteiger partial charge in [-0.05, 0) is 37.0 Å². The van der Waals surface area contributed by atoms with Crippen LogP contribution >= 0.6 is 0 Å². The van der Waals surface area contributed by atoms with Crippen LogP contribution in [0.4, 0.5) is 10.5 Å². The smallest absolute Gasteiger partial charge is 0.322 e. The van der Waals surface area contributed by atoms with Gasteiger partial charge in [-0.2, -0.15) is 0 Å². The number of rotatable bonds is 8. The van der Waals surface area contributed by atoms with E-state index in [-0.39, 0.29) is 6.03 Å². The van der Waals surface area contributed by atoms with Gasteiger partial charge in [0.25, 0.3) is 0 Å². The Balaban J connectivity index is 2.02. The average Bonchev–Trinajstić information content (AvgIpc) is 2.60. The third-order valence-electron chi connectivity index (χ3n) is 3.92. The summed E-state index contributed by atoms with van der Waals surface area (Å²) in [5.41, 5.74) is 3.05. The summed E-state index contributed by atoms with van der Waals surface area (Å²) >= 11 is 0. The fraction of sp³-hybridized carbons (Fsp3) is 0.350. The highest BCUT2D eigenvalue weighted by Gasteiger charge is 2.14. The number of methoxy groups -OCH3 is 1. The van der Waals surface area contributed by atoms with Crippen molar-refractivity contribution in [1.82, 2.24) is 4.90 Å². The Hall–Kier alpha value is -2.33. The van der Waals surface area contributed by atoms with Crippen molar-refractivity contribution in [3.05, 3.63) is 65.7 Å². The van der Waals surface area contributed by atoms with E-state index in [1.165, 1.54) is 0 Å². The maximum atomic E-state index is 12.7. The van der Waals surface area contributed by atoms with Gasteiger partial charge in [0.05, 0.1) is 0 Å². The summed E-state index contributed by atoms with van der Waals surface area (Å²) in [4.78, 5) is 14.6. The van der Waals surface area contributed by atoms with Crippen molar-refractivity contribution in [1.29, 1.82) is 0 Å². The van der Waals surface area contributed by atoms with E-state index in [0.29, 0.717) is 13.1 Å². The van der Waals surface area contributed by atoms with E-state index in [1.54, 1.807) is 7.11 Å². The topological polar surface area (TPSA) is 41.6 Å². The highest BCUT2D eigenvalue weighted by molar-refractivity contribution is 5.90. The van der Waals surface area contributed by atoms with Crippen LogP contribution in [0, 0.1) is 6.92 Å². The molecular formula is C20H26N2O2. The molecule has 0 aromatic heterocycles. The van der Waals surface area contributed by atoms with Crippen molar-refractivity contribution in [2.45, 2.75) is 26.3 Å². The molecule has 2 amide bonds. The lowest BCUT2D eigenvalue weighted by molar-refractivity contribution is 0.182. The number of nitrogens with zero attached hydrogens (tertiary/aromatic N) is 1. The Morgan fingerprint density at radius 2 is 1.75 bits per heavy atom. The number of aryl methyl sites for hydroxylation is 1. The number of para-hydroxylation sites is 1. The number of anilines is 1. The van der Waals surface area contributed by atoms with Crippen LogP contribution in [0.15, 0.2) is 54.6 Å². The normalized spacial score (nSPS) is 10.4. The molecule has 0 atom stereocenters.